The maximum absolute atomic E-state index is 11.4. The molecular formula is C22H28O4. The molecule has 2 N–H and O–H groups in total. The van der Waals surface area contributed by atoms with Crippen LogP contribution in [0.15, 0.2) is 36.4 Å². The second-order valence-electron chi connectivity index (χ2n) is 7.12. The van der Waals surface area contributed by atoms with Crippen molar-refractivity contribution in [1.82, 2.24) is 0 Å². The molecule has 0 atom stereocenters. The summed E-state index contributed by atoms with van der Waals surface area (Å²) in [6, 6.07) is 11.4. The molecule has 0 fully saturated rings. The molecule has 0 aliphatic rings. The molecule has 2 aromatic carbocycles. The Bertz CT molecular complexity index is 728. The number of unbranched alkanes of at least 4 members (excludes halogenated alkanes) is 1. The van der Waals surface area contributed by atoms with Crippen LogP contribution in [0.1, 0.15) is 54.9 Å². The third-order valence-corrected chi connectivity index (χ3v) is 5.20. The van der Waals surface area contributed by atoms with Crippen LogP contribution in [0.2, 0.25) is 0 Å². The number of esters is 1. The Morgan fingerprint density at radius 2 is 1.46 bits per heavy atom. The highest BCUT2D eigenvalue weighted by atomic mass is 16.5. The summed E-state index contributed by atoms with van der Waals surface area (Å²) in [5.74, 6) is 0.375. The summed E-state index contributed by atoms with van der Waals surface area (Å²) in [7, 11) is 1.41. The van der Waals surface area contributed by atoms with E-state index in [-0.39, 0.29) is 22.9 Å². The van der Waals surface area contributed by atoms with E-state index in [2.05, 4.69) is 6.92 Å². The minimum atomic E-state index is -0.285. The van der Waals surface area contributed by atoms with Crippen molar-refractivity contribution in [2.45, 2.75) is 51.9 Å². The molecule has 2 rings (SSSR count). The third-order valence-electron chi connectivity index (χ3n) is 5.20. The lowest BCUT2D eigenvalue weighted by Gasteiger charge is -2.32. The lowest BCUT2D eigenvalue weighted by atomic mass is 9.72. The van der Waals surface area contributed by atoms with E-state index in [0.29, 0.717) is 6.42 Å². The van der Waals surface area contributed by atoms with Gasteiger partial charge in [-0.25, -0.2) is 0 Å². The van der Waals surface area contributed by atoms with Crippen LogP contribution in [0, 0.1) is 13.8 Å². The highest BCUT2D eigenvalue weighted by molar-refractivity contribution is 5.69. The summed E-state index contributed by atoms with van der Waals surface area (Å²) in [5, 5.41) is 19.8. The molecule has 4 heteroatoms. The van der Waals surface area contributed by atoms with Crippen molar-refractivity contribution >= 4 is 5.97 Å². The Hall–Kier alpha value is -2.49. The monoisotopic (exact) mass is 356 g/mol. The van der Waals surface area contributed by atoms with Crippen molar-refractivity contribution in [3.05, 3.63) is 58.7 Å². The maximum atomic E-state index is 11.4. The van der Waals surface area contributed by atoms with E-state index in [1.165, 1.54) is 7.11 Å². The molecular weight excluding hydrogens is 328 g/mol. The number of aromatic hydroxyl groups is 2. The normalized spacial score (nSPS) is 11.4. The fourth-order valence-corrected chi connectivity index (χ4v) is 3.30. The summed E-state index contributed by atoms with van der Waals surface area (Å²) in [6.45, 7) is 5.94. The Balaban J connectivity index is 2.34. The number of carbonyl (C=O) groups is 1. The van der Waals surface area contributed by atoms with Crippen LogP contribution in [0.25, 0.3) is 0 Å². The SMILES string of the molecule is COC(=O)CCCCC(C)(c1ccc(O)c(C)c1)c1ccc(O)c(C)c1. The Kier molecular flexibility index (Phi) is 6.30. The van der Waals surface area contributed by atoms with Crippen molar-refractivity contribution in [3.63, 3.8) is 0 Å². The number of rotatable bonds is 7. The van der Waals surface area contributed by atoms with Crippen molar-refractivity contribution in [3.8, 4) is 11.5 Å². The average Bonchev–Trinajstić information content (AvgIpc) is 2.62. The van der Waals surface area contributed by atoms with Crippen molar-refractivity contribution in [2.75, 3.05) is 7.11 Å². The zero-order valence-corrected chi connectivity index (χ0v) is 16.0. The van der Waals surface area contributed by atoms with Crippen molar-refractivity contribution < 1.29 is 19.7 Å². The van der Waals surface area contributed by atoms with Gasteiger partial charge in [-0.15, -0.1) is 0 Å². The summed E-state index contributed by atoms with van der Waals surface area (Å²) in [4.78, 5) is 11.4. The van der Waals surface area contributed by atoms with Gasteiger partial charge in [0.05, 0.1) is 7.11 Å². The molecule has 140 valence electrons. The number of hydrogen-bond acceptors (Lipinski definition) is 4. The molecule has 0 amide bonds. The number of carbonyl (C=O) groups excluding carboxylic acids is 1. The fourth-order valence-electron chi connectivity index (χ4n) is 3.30. The first-order valence-electron chi connectivity index (χ1n) is 8.95. The minimum Gasteiger partial charge on any atom is -0.508 e. The molecule has 0 radical (unpaired) electrons. The molecule has 2 aromatic rings. The van der Waals surface area contributed by atoms with Gasteiger partial charge >= 0.3 is 5.97 Å². The molecule has 0 aliphatic carbocycles. The molecule has 4 nitrogen and oxygen atoms in total. The van der Waals surface area contributed by atoms with Crippen LogP contribution >= 0.6 is 0 Å². The highest BCUT2D eigenvalue weighted by Crippen LogP contribution is 2.39. The Morgan fingerprint density at radius 3 is 1.88 bits per heavy atom. The lowest BCUT2D eigenvalue weighted by molar-refractivity contribution is -0.140. The van der Waals surface area contributed by atoms with E-state index in [4.69, 9.17) is 4.74 Å². The summed E-state index contributed by atoms with van der Waals surface area (Å²) >= 11 is 0. The van der Waals surface area contributed by atoms with E-state index in [9.17, 15) is 15.0 Å². The van der Waals surface area contributed by atoms with E-state index >= 15 is 0 Å². The van der Waals surface area contributed by atoms with Gasteiger partial charge in [-0.3, -0.25) is 4.79 Å². The maximum Gasteiger partial charge on any atom is 0.305 e. The van der Waals surface area contributed by atoms with Crippen LogP contribution in [0.4, 0.5) is 0 Å². The van der Waals surface area contributed by atoms with Crippen LogP contribution in [0.5, 0.6) is 11.5 Å². The number of benzene rings is 2. The number of hydrogen-bond donors (Lipinski definition) is 2. The zero-order chi connectivity index (χ0) is 19.3. The summed E-state index contributed by atoms with van der Waals surface area (Å²) in [6.07, 6.45) is 2.88. The van der Waals surface area contributed by atoms with Gasteiger partial charge in [-0.05, 0) is 61.1 Å². The molecule has 0 spiro atoms. The first-order valence-corrected chi connectivity index (χ1v) is 8.95. The molecule has 26 heavy (non-hydrogen) atoms. The predicted octanol–water partition coefficient (Wildman–Crippen LogP) is 4.75. The van der Waals surface area contributed by atoms with E-state index < -0.39 is 0 Å². The average molecular weight is 356 g/mol. The van der Waals surface area contributed by atoms with E-state index in [0.717, 1.165) is 41.5 Å². The predicted molar refractivity (Wildman–Crippen MR) is 103 cm³/mol. The number of aryl methyl sites for hydroxylation is 2. The van der Waals surface area contributed by atoms with Gasteiger partial charge < -0.3 is 14.9 Å². The number of ether oxygens (including phenoxy) is 1. The van der Waals surface area contributed by atoms with Crippen molar-refractivity contribution in [2.24, 2.45) is 0 Å². The van der Waals surface area contributed by atoms with Crippen molar-refractivity contribution in [1.29, 1.82) is 0 Å². The van der Waals surface area contributed by atoms with Gasteiger partial charge in [0.25, 0.3) is 0 Å². The van der Waals surface area contributed by atoms with Crippen LogP contribution < -0.4 is 0 Å². The van der Waals surface area contributed by atoms with Crippen LogP contribution in [0.3, 0.4) is 0 Å². The second kappa shape index (κ2) is 8.26. The smallest absolute Gasteiger partial charge is 0.305 e. The highest BCUT2D eigenvalue weighted by Gasteiger charge is 2.29. The summed E-state index contributed by atoms with van der Waals surface area (Å²) < 4.78 is 4.71. The largest absolute Gasteiger partial charge is 0.508 e. The first kappa shape index (κ1) is 19.8. The number of methoxy groups -OCH3 is 1. The molecule has 0 bridgehead atoms. The molecule has 0 saturated carbocycles. The molecule has 0 unspecified atom stereocenters. The number of phenolic OH excluding ortho intramolecular Hbond substituents is 2. The Labute approximate surface area is 155 Å². The van der Waals surface area contributed by atoms with Gasteiger partial charge in [-0.1, -0.05) is 37.6 Å². The molecule has 0 saturated heterocycles. The van der Waals surface area contributed by atoms with Gasteiger partial charge in [0, 0.05) is 11.8 Å². The molecule has 0 aliphatic heterocycles. The fraction of sp³-hybridized carbons (Fsp3) is 0.409. The Morgan fingerprint density at radius 1 is 0.962 bits per heavy atom. The van der Waals surface area contributed by atoms with E-state index in [1.54, 1.807) is 12.1 Å². The van der Waals surface area contributed by atoms with Gasteiger partial charge in [0.1, 0.15) is 11.5 Å². The van der Waals surface area contributed by atoms with Crippen LogP contribution in [-0.2, 0) is 14.9 Å². The minimum absolute atomic E-state index is 0.187. The molecule has 0 aromatic heterocycles. The summed E-state index contributed by atoms with van der Waals surface area (Å²) in [5.41, 5.74) is 3.59. The lowest BCUT2D eigenvalue weighted by Crippen LogP contribution is -2.24. The van der Waals surface area contributed by atoms with Gasteiger partial charge in [0.15, 0.2) is 0 Å². The quantitative estimate of drug-likeness (QED) is 0.555. The molecule has 0 heterocycles. The number of phenols is 2. The van der Waals surface area contributed by atoms with Crippen LogP contribution in [-0.4, -0.2) is 23.3 Å². The second-order valence-corrected chi connectivity index (χ2v) is 7.12. The first-order chi connectivity index (χ1) is 12.3. The standard InChI is InChI=1S/C22H28O4/c1-15-13-17(8-10-19(15)23)22(3,12-6-5-7-21(25)26-4)18-9-11-20(24)16(2)14-18/h8-11,13-14,23-24H,5-7,12H2,1-4H3. The zero-order valence-electron chi connectivity index (χ0n) is 16.0. The third kappa shape index (κ3) is 4.37. The van der Waals surface area contributed by atoms with Gasteiger partial charge in [0.2, 0.25) is 0 Å². The van der Waals surface area contributed by atoms with E-state index in [1.807, 2.05) is 38.1 Å². The topological polar surface area (TPSA) is 66.8 Å². The van der Waals surface area contributed by atoms with Gasteiger partial charge in [-0.2, -0.15) is 0 Å².